The predicted octanol–water partition coefficient (Wildman–Crippen LogP) is 2.75. The largest absolute Gasteiger partial charge is 0.313 e. The third-order valence-corrected chi connectivity index (χ3v) is 2.98. The zero-order chi connectivity index (χ0) is 11.6. The van der Waals surface area contributed by atoms with Crippen molar-refractivity contribution in [3.63, 3.8) is 0 Å². The number of nitrogens with zero attached hydrogens (tertiary/aromatic N) is 2. The van der Waals surface area contributed by atoms with E-state index in [-0.39, 0.29) is 0 Å². The molecule has 0 aromatic carbocycles. The van der Waals surface area contributed by atoms with E-state index >= 15 is 0 Å². The van der Waals surface area contributed by atoms with Gasteiger partial charge in [-0.3, -0.25) is 4.68 Å². The summed E-state index contributed by atoms with van der Waals surface area (Å²) in [5, 5.41) is 7.95. The van der Waals surface area contributed by atoms with Gasteiger partial charge in [0.1, 0.15) is 0 Å². The van der Waals surface area contributed by atoms with Crippen molar-refractivity contribution in [2.75, 3.05) is 7.05 Å². The monoisotopic (exact) mass is 209 g/mol. The molecule has 3 nitrogen and oxygen atoms in total. The fraction of sp³-hybridized carbons (Fsp3) is 0.750. The summed E-state index contributed by atoms with van der Waals surface area (Å²) in [5.41, 5.74) is 3.82. The van der Waals surface area contributed by atoms with Gasteiger partial charge in [0, 0.05) is 23.3 Å². The van der Waals surface area contributed by atoms with E-state index in [4.69, 9.17) is 0 Å². The number of aromatic nitrogens is 2. The molecule has 86 valence electrons. The summed E-state index contributed by atoms with van der Waals surface area (Å²) in [6, 6.07) is 0.865. The van der Waals surface area contributed by atoms with E-state index in [1.54, 1.807) is 0 Å². The number of hydrogen-bond acceptors (Lipinski definition) is 2. The Bertz CT molecular complexity index is 322. The fourth-order valence-electron chi connectivity index (χ4n) is 2.24. The first-order valence-electron chi connectivity index (χ1n) is 5.75. The van der Waals surface area contributed by atoms with Crippen molar-refractivity contribution in [2.45, 2.75) is 53.1 Å². The first-order valence-corrected chi connectivity index (χ1v) is 5.75. The van der Waals surface area contributed by atoms with Gasteiger partial charge < -0.3 is 5.32 Å². The van der Waals surface area contributed by atoms with Crippen LogP contribution in [0.4, 0.5) is 0 Å². The maximum atomic E-state index is 4.60. The lowest BCUT2D eigenvalue weighted by atomic mass is 10.0. The molecular weight excluding hydrogens is 186 g/mol. The Hall–Kier alpha value is -0.830. The minimum Gasteiger partial charge on any atom is -0.313 e. The standard InChI is InChI=1S/C12H23N3/c1-7-11(13-6)12-9(4)14-15(8(2)3)10(12)5/h8,11,13H,7H2,1-6H3. The number of aryl methyl sites for hydroxylation is 1. The maximum absolute atomic E-state index is 4.60. The third-order valence-electron chi connectivity index (χ3n) is 2.98. The Kier molecular flexibility index (Phi) is 3.91. The molecule has 0 amide bonds. The lowest BCUT2D eigenvalue weighted by molar-refractivity contribution is 0.511. The van der Waals surface area contributed by atoms with E-state index in [2.05, 4.69) is 49.7 Å². The van der Waals surface area contributed by atoms with Crippen molar-refractivity contribution in [3.05, 3.63) is 17.0 Å². The molecule has 1 unspecified atom stereocenters. The Morgan fingerprint density at radius 2 is 1.93 bits per heavy atom. The summed E-state index contributed by atoms with van der Waals surface area (Å²) in [6.45, 7) is 10.8. The summed E-state index contributed by atoms with van der Waals surface area (Å²) < 4.78 is 2.12. The third kappa shape index (κ3) is 2.23. The molecule has 0 spiro atoms. The van der Waals surface area contributed by atoms with Crippen LogP contribution in [0, 0.1) is 13.8 Å². The lowest BCUT2D eigenvalue weighted by Gasteiger charge is -2.15. The molecule has 1 rings (SSSR count). The zero-order valence-corrected chi connectivity index (χ0v) is 10.8. The number of hydrogen-bond donors (Lipinski definition) is 1. The molecule has 3 heteroatoms. The van der Waals surface area contributed by atoms with Gasteiger partial charge in [0.15, 0.2) is 0 Å². The fourth-order valence-corrected chi connectivity index (χ4v) is 2.24. The molecule has 0 aliphatic carbocycles. The molecule has 1 aromatic rings. The average Bonchev–Trinajstić information content (AvgIpc) is 2.47. The number of rotatable bonds is 4. The summed E-state index contributed by atoms with van der Waals surface area (Å²) in [4.78, 5) is 0. The van der Waals surface area contributed by atoms with Gasteiger partial charge >= 0.3 is 0 Å². The molecule has 0 saturated carbocycles. The Morgan fingerprint density at radius 1 is 1.33 bits per heavy atom. The van der Waals surface area contributed by atoms with Gasteiger partial charge in [-0.25, -0.2) is 0 Å². The second kappa shape index (κ2) is 4.79. The SMILES string of the molecule is CCC(NC)c1c(C)nn(C(C)C)c1C. The molecule has 1 heterocycles. The van der Waals surface area contributed by atoms with Gasteiger partial charge in [0.05, 0.1) is 5.69 Å². The van der Waals surface area contributed by atoms with E-state index in [9.17, 15) is 0 Å². The lowest BCUT2D eigenvalue weighted by Crippen LogP contribution is -2.17. The van der Waals surface area contributed by atoms with Crippen LogP contribution in [-0.2, 0) is 0 Å². The van der Waals surface area contributed by atoms with E-state index in [1.165, 1.54) is 11.3 Å². The highest BCUT2D eigenvalue weighted by molar-refractivity contribution is 5.28. The van der Waals surface area contributed by atoms with Crippen LogP contribution in [0.5, 0.6) is 0 Å². The van der Waals surface area contributed by atoms with Crippen LogP contribution < -0.4 is 5.32 Å². The molecule has 0 bridgehead atoms. The molecule has 0 aliphatic heterocycles. The minimum absolute atomic E-state index is 0.428. The quantitative estimate of drug-likeness (QED) is 0.826. The van der Waals surface area contributed by atoms with Gasteiger partial charge in [-0.2, -0.15) is 5.10 Å². The molecule has 0 saturated heterocycles. The second-order valence-electron chi connectivity index (χ2n) is 4.37. The van der Waals surface area contributed by atoms with Crippen molar-refractivity contribution in [3.8, 4) is 0 Å². The summed E-state index contributed by atoms with van der Waals surface area (Å²) in [6.07, 6.45) is 1.10. The van der Waals surface area contributed by atoms with Crippen LogP contribution in [0.2, 0.25) is 0 Å². The van der Waals surface area contributed by atoms with Gasteiger partial charge in [-0.15, -0.1) is 0 Å². The van der Waals surface area contributed by atoms with Crippen molar-refractivity contribution in [1.29, 1.82) is 0 Å². The Morgan fingerprint density at radius 3 is 2.27 bits per heavy atom. The van der Waals surface area contributed by atoms with Crippen molar-refractivity contribution < 1.29 is 0 Å². The van der Waals surface area contributed by atoms with Crippen LogP contribution in [-0.4, -0.2) is 16.8 Å². The summed E-state index contributed by atoms with van der Waals surface area (Å²) in [7, 11) is 2.01. The summed E-state index contributed by atoms with van der Waals surface area (Å²) in [5.74, 6) is 0. The highest BCUT2D eigenvalue weighted by atomic mass is 15.3. The minimum atomic E-state index is 0.428. The molecule has 0 fully saturated rings. The van der Waals surface area contributed by atoms with Crippen LogP contribution in [0.3, 0.4) is 0 Å². The molecule has 1 atom stereocenters. The van der Waals surface area contributed by atoms with Crippen molar-refractivity contribution in [1.82, 2.24) is 15.1 Å². The van der Waals surface area contributed by atoms with Crippen molar-refractivity contribution in [2.24, 2.45) is 0 Å². The van der Waals surface area contributed by atoms with E-state index < -0.39 is 0 Å². The first-order chi connectivity index (χ1) is 7.02. The molecule has 0 radical (unpaired) electrons. The molecule has 1 aromatic heterocycles. The van der Waals surface area contributed by atoms with Gasteiger partial charge in [0.25, 0.3) is 0 Å². The molecular formula is C12H23N3. The first kappa shape index (κ1) is 12.2. The van der Waals surface area contributed by atoms with Gasteiger partial charge in [-0.1, -0.05) is 6.92 Å². The highest BCUT2D eigenvalue weighted by Crippen LogP contribution is 2.25. The van der Waals surface area contributed by atoms with Gasteiger partial charge in [0.2, 0.25) is 0 Å². The number of nitrogens with one attached hydrogen (secondary N) is 1. The normalized spacial score (nSPS) is 13.5. The average molecular weight is 209 g/mol. The Balaban J connectivity index is 3.18. The molecule has 1 N–H and O–H groups in total. The zero-order valence-electron chi connectivity index (χ0n) is 10.8. The molecule has 15 heavy (non-hydrogen) atoms. The maximum Gasteiger partial charge on any atom is 0.0644 e. The smallest absolute Gasteiger partial charge is 0.0644 e. The van der Waals surface area contributed by atoms with Crippen LogP contribution in [0.1, 0.15) is 56.2 Å². The predicted molar refractivity (Wildman–Crippen MR) is 64.2 cm³/mol. The van der Waals surface area contributed by atoms with Crippen LogP contribution in [0.25, 0.3) is 0 Å². The topological polar surface area (TPSA) is 29.9 Å². The highest BCUT2D eigenvalue weighted by Gasteiger charge is 2.19. The summed E-state index contributed by atoms with van der Waals surface area (Å²) >= 11 is 0. The van der Waals surface area contributed by atoms with Crippen LogP contribution >= 0.6 is 0 Å². The second-order valence-corrected chi connectivity index (χ2v) is 4.37. The molecule has 0 aliphatic rings. The van der Waals surface area contributed by atoms with Crippen LogP contribution in [0.15, 0.2) is 0 Å². The van der Waals surface area contributed by atoms with E-state index in [0.29, 0.717) is 12.1 Å². The Labute approximate surface area is 92.9 Å². The van der Waals surface area contributed by atoms with Crippen molar-refractivity contribution >= 4 is 0 Å². The van der Waals surface area contributed by atoms with E-state index in [0.717, 1.165) is 12.1 Å². The van der Waals surface area contributed by atoms with E-state index in [1.807, 2.05) is 7.05 Å². The van der Waals surface area contributed by atoms with Gasteiger partial charge in [-0.05, 0) is 41.2 Å².